The summed E-state index contributed by atoms with van der Waals surface area (Å²) >= 11 is 0. The van der Waals surface area contributed by atoms with Crippen LogP contribution < -0.4 is 15.4 Å². The highest BCUT2D eigenvalue weighted by atomic mass is 16.5. The zero-order valence-corrected chi connectivity index (χ0v) is 19.1. The van der Waals surface area contributed by atoms with Crippen molar-refractivity contribution >= 4 is 5.96 Å². The van der Waals surface area contributed by atoms with Crippen LogP contribution in [0, 0.1) is 0 Å². The zero-order chi connectivity index (χ0) is 21.2. The van der Waals surface area contributed by atoms with Crippen molar-refractivity contribution in [3.8, 4) is 5.75 Å². The summed E-state index contributed by atoms with van der Waals surface area (Å²) in [5, 5.41) is 6.99. The van der Waals surface area contributed by atoms with Gasteiger partial charge in [0, 0.05) is 31.8 Å². The molecule has 2 fully saturated rings. The maximum absolute atomic E-state index is 5.67. The van der Waals surface area contributed by atoms with Gasteiger partial charge in [0.15, 0.2) is 5.96 Å². The SMILES string of the molecule is CCNC(=NCC1(N2CCCC2)CCOCC1)NCCC(C)c1ccc(OC)cc1. The van der Waals surface area contributed by atoms with E-state index in [1.165, 1.54) is 31.5 Å². The van der Waals surface area contributed by atoms with Gasteiger partial charge in [0.1, 0.15) is 5.75 Å². The van der Waals surface area contributed by atoms with E-state index in [4.69, 9.17) is 14.5 Å². The smallest absolute Gasteiger partial charge is 0.191 e. The first-order valence-electron chi connectivity index (χ1n) is 11.7. The van der Waals surface area contributed by atoms with Gasteiger partial charge in [0.05, 0.1) is 13.7 Å². The Morgan fingerprint density at radius 3 is 2.50 bits per heavy atom. The lowest BCUT2D eigenvalue weighted by molar-refractivity contribution is -0.0139. The van der Waals surface area contributed by atoms with E-state index in [0.29, 0.717) is 5.92 Å². The van der Waals surface area contributed by atoms with Gasteiger partial charge >= 0.3 is 0 Å². The molecule has 2 heterocycles. The summed E-state index contributed by atoms with van der Waals surface area (Å²) in [4.78, 5) is 7.70. The molecule has 3 rings (SSSR count). The van der Waals surface area contributed by atoms with Gasteiger partial charge in [0.2, 0.25) is 0 Å². The largest absolute Gasteiger partial charge is 0.497 e. The highest BCUT2D eigenvalue weighted by Crippen LogP contribution is 2.31. The highest BCUT2D eigenvalue weighted by Gasteiger charge is 2.39. The van der Waals surface area contributed by atoms with E-state index in [9.17, 15) is 0 Å². The first-order chi connectivity index (χ1) is 14.7. The van der Waals surface area contributed by atoms with Crippen LogP contribution in [0.3, 0.4) is 0 Å². The molecule has 2 saturated heterocycles. The van der Waals surface area contributed by atoms with Gasteiger partial charge in [-0.3, -0.25) is 9.89 Å². The molecule has 1 aromatic rings. The number of likely N-dealkylation sites (tertiary alicyclic amines) is 1. The Labute approximate surface area is 182 Å². The Morgan fingerprint density at radius 1 is 1.17 bits per heavy atom. The zero-order valence-electron chi connectivity index (χ0n) is 19.1. The van der Waals surface area contributed by atoms with Crippen LogP contribution in [0.15, 0.2) is 29.3 Å². The Kier molecular flexibility index (Phi) is 8.82. The van der Waals surface area contributed by atoms with Gasteiger partial charge < -0.3 is 20.1 Å². The van der Waals surface area contributed by atoms with E-state index in [-0.39, 0.29) is 5.54 Å². The Balaban J connectivity index is 1.55. The van der Waals surface area contributed by atoms with Crippen molar-refractivity contribution < 1.29 is 9.47 Å². The molecule has 6 nitrogen and oxygen atoms in total. The molecule has 6 heteroatoms. The predicted molar refractivity (Wildman–Crippen MR) is 124 cm³/mol. The Hall–Kier alpha value is -1.79. The van der Waals surface area contributed by atoms with Crippen molar-refractivity contribution in [2.24, 2.45) is 4.99 Å². The Bertz CT molecular complexity index is 650. The molecule has 0 radical (unpaired) electrons. The van der Waals surface area contributed by atoms with E-state index in [0.717, 1.165) is 63.8 Å². The van der Waals surface area contributed by atoms with Crippen molar-refractivity contribution in [2.75, 3.05) is 53.0 Å². The number of guanidine groups is 1. The fourth-order valence-corrected chi connectivity index (χ4v) is 4.59. The molecule has 0 aromatic heterocycles. The van der Waals surface area contributed by atoms with Crippen molar-refractivity contribution in [1.82, 2.24) is 15.5 Å². The number of hydrogen-bond donors (Lipinski definition) is 2. The lowest BCUT2D eigenvalue weighted by Gasteiger charge is -2.43. The van der Waals surface area contributed by atoms with Crippen molar-refractivity contribution in [3.63, 3.8) is 0 Å². The number of aliphatic imine (C=N–C) groups is 1. The summed E-state index contributed by atoms with van der Waals surface area (Å²) in [6.45, 7) is 11.2. The predicted octanol–water partition coefficient (Wildman–Crippen LogP) is 3.39. The average molecular weight is 417 g/mol. The van der Waals surface area contributed by atoms with E-state index in [2.05, 4.69) is 41.5 Å². The lowest BCUT2D eigenvalue weighted by Crippen LogP contribution is -2.54. The molecule has 0 amide bonds. The molecule has 1 aromatic carbocycles. The summed E-state index contributed by atoms with van der Waals surface area (Å²) in [6.07, 6.45) is 5.86. The van der Waals surface area contributed by atoms with Crippen LogP contribution in [-0.4, -0.2) is 69.4 Å². The maximum atomic E-state index is 5.67. The molecule has 0 aliphatic carbocycles. The summed E-state index contributed by atoms with van der Waals surface area (Å²) in [5.41, 5.74) is 1.52. The molecule has 30 heavy (non-hydrogen) atoms. The van der Waals surface area contributed by atoms with Crippen LogP contribution in [0.1, 0.15) is 57.4 Å². The number of rotatable bonds is 9. The molecule has 1 unspecified atom stereocenters. The third-order valence-electron chi connectivity index (χ3n) is 6.63. The second kappa shape index (κ2) is 11.6. The minimum Gasteiger partial charge on any atom is -0.497 e. The van der Waals surface area contributed by atoms with E-state index in [1.54, 1.807) is 7.11 Å². The van der Waals surface area contributed by atoms with E-state index >= 15 is 0 Å². The molecule has 2 aliphatic rings. The standard InChI is InChI=1S/C24H40N4O2/c1-4-25-23(26-14-11-20(2)21-7-9-22(29-3)10-8-21)27-19-24(12-17-30-18-13-24)28-15-5-6-16-28/h7-10,20H,4-6,11-19H2,1-3H3,(H2,25,26,27). The summed E-state index contributed by atoms with van der Waals surface area (Å²) in [7, 11) is 1.71. The van der Waals surface area contributed by atoms with Crippen LogP contribution in [0.25, 0.3) is 0 Å². The van der Waals surface area contributed by atoms with Gasteiger partial charge in [-0.15, -0.1) is 0 Å². The van der Waals surface area contributed by atoms with Crippen LogP contribution in [0.2, 0.25) is 0 Å². The summed E-state index contributed by atoms with van der Waals surface area (Å²) in [5.74, 6) is 2.33. The first-order valence-corrected chi connectivity index (χ1v) is 11.7. The van der Waals surface area contributed by atoms with Crippen LogP contribution in [-0.2, 0) is 4.74 Å². The molecular formula is C24H40N4O2. The molecule has 0 bridgehead atoms. The van der Waals surface area contributed by atoms with Crippen molar-refractivity contribution in [3.05, 3.63) is 29.8 Å². The van der Waals surface area contributed by atoms with Gasteiger partial charge in [0.25, 0.3) is 0 Å². The third-order valence-corrected chi connectivity index (χ3v) is 6.63. The van der Waals surface area contributed by atoms with Crippen LogP contribution in [0.5, 0.6) is 5.75 Å². The minimum atomic E-state index is 0.174. The summed E-state index contributed by atoms with van der Waals surface area (Å²) < 4.78 is 10.9. The number of ether oxygens (including phenoxy) is 2. The van der Waals surface area contributed by atoms with Gasteiger partial charge in [-0.25, -0.2) is 0 Å². The van der Waals surface area contributed by atoms with Gasteiger partial charge in [-0.2, -0.15) is 0 Å². The molecule has 0 saturated carbocycles. The second-order valence-electron chi connectivity index (χ2n) is 8.62. The lowest BCUT2D eigenvalue weighted by atomic mass is 9.88. The van der Waals surface area contributed by atoms with Crippen LogP contribution >= 0.6 is 0 Å². The second-order valence-corrected chi connectivity index (χ2v) is 8.62. The average Bonchev–Trinajstić information content (AvgIpc) is 3.34. The highest BCUT2D eigenvalue weighted by molar-refractivity contribution is 5.79. The van der Waals surface area contributed by atoms with Crippen LogP contribution in [0.4, 0.5) is 0 Å². The topological polar surface area (TPSA) is 58.1 Å². The molecule has 168 valence electrons. The quantitative estimate of drug-likeness (QED) is 0.477. The minimum absolute atomic E-state index is 0.174. The fraction of sp³-hybridized carbons (Fsp3) is 0.708. The Morgan fingerprint density at radius 2 is 1.87 bits per heavy atom. The molecule has 2 aliphatic heterocycles. The third kappa shape index (κ3) is 6.11. The van der Waals surface area contributed by atoms with Gasteiger partial charge in [-0.05, 0) is 75.7 Å². The number of hydrogen-bond acceptors (Lipinski definition) is 4. The first kappa shape index (κ1) is 22.9. The molecular weight excluding hydrogens is 376 g/mol. The molecule has 0 spiro atoms. The van der Waals surface area contributed by atoms with E-state index in [1.807, 2.05) is 12.1 Å². The number of nitrogens with one attached hydrogen (secondary N) is 2. The van der Waals surface area contributed by atoms with E-state index < -0.39 is 0 Å². The number of benzene rings is 1. The maximum Gasteiger partial charge on any atom is 0.191 e. The summed E-state index contributed by atoms with van der Waals surface area (Å²) in [6, 6.07) is 8.40. The van der Waals surface area contributed by atoms with Gasteiger partial charge in [-0.1, -0.05) is 19.1 Å². The monoisotopic (exact) mass is 416 g/mol. The van der Waals surface area contributed by atoms with Crippen molar-refractivity contribution in [2.45, 2.75) is 57.4 Å². The van der Waals surface area contributed by atoms with Crippen molar-refractivity contribution in [1.29, 1.82) is 0 Å². The fourth-order valence-electron chi connectivity index (χ4n) is 4.59. The normalized spacial score (nSPS) is 20.7. The number of methoxy groups -OCH3 is 1. The molecule has 2 N–H and O–H groups in total. The molecule has 1 atom stereocenters. The number of nitrogens with zero attached hydrogens (tertiary/aromatic N) is 2.